The Kier molecular flexibility index (Phi) is 3.53. The van der Waals surface area contributed by atoms with Crippen LogP contribution in [0.15, 0.2) is 0 Å². The third-order valence-electron chi connectivity index (χ3n) is 2.39. The molecule has 3 nitrogen and oxygen atoms in total. The average Bonchev–Trinajstić information content (AvgIpc) is 2.56. The van der Waals surface area contributed by atoms with Crippen molar-refractivity contribution in [1.82, 2.24) is 5.32 Å². The number of rotatable bonds is 3. The second-order valence-corrected chi connectivity index (χ2v) is 3.57. The first kappa shape index (κ1) is 9.52. The number of aliphatic hydroxyl groups is 1. The van der Waals surface area contributed by atoms with Crippen molar-refractivity contribution in [3.05, 3.63) is 0 Å². The minimum absolute atomic E-state index is 0.0262. The van der Waals surface area contributed by atoms with Crippen LogP contribution in [-0.2, 0) is 4.79 Å². The van der Waals surface area contributed by atoms with E-state index in [0.717, 1.165) is 12.8 Å². The van der Waals surface area contributed by atoms with Gasteiger partial charge in [0.05, 0.1) is 6.61 Å². The molecule has 0 aliphatic heterocycles. The molecule has 0 spiro atoms. The molecule has 0 aromatic heterocycles. The van der Waals surface area contributed by atoms with E-state index in [9.17, 15) is 4.79 Å². The van der Waals surface area contributed by atoms with Crippen LogP contribution in [-0.4, -0.2) is 23.7 Å². The van der Waals surface area contributed by atoms with E-state index < -0.39 is 0 Å². The lowest BCUT2D eigenvalue weighted by atomic mass is 10.1. The van der Waals surface area contributed by atoms with Crippen molar-refractivity contribution < 1.29 is 9.90 Å². The van der Waals surface area contributed by atoms with Gasteiger partial charge in [0.1, 0.15) is 0 Å². The molecule has 0 saturated heterocycles. The van der Waals surface area contributed by atoms with Gasteiger partial charge in [-0.1, -0.05) is 12.8 Å². The molecule has 1 saturated carbocycles. The second kappa shape index (κ2) is 4.45. The molecule has 70 valence electrons. The van der Waals surface area contributed by atoms with Crippen molar-refractivity contribution in [2.45, 2.75) is 38.6 Å². The summed E-state index contributed by atoms with van der Waals surface area (Å²) in [6.45, 7) is 1.84. The Morgan fingerprint density at radius 2 is 2.17 bits per heavy atom. The summed E-state index contributed by atoms with van der Waals surface area (Å²) in [5, 5.41) is 11.5. The SMILES string of the molecule is C[C@@H](CO)NC(=O)C1CCCC1. The van der Waals surface area contributed by atoms with Crippen molar-refractivity contribution in [1.29, 1.82) is 0 Å². The summed E-state index contributed by atoms with van der Waals surface area (Å²) in [7, 11) is 0. The predicted octanol–water partition coefficient (Wildman–Crippen LogP) is 0.674. The molecule has 2 N–H and O–H groups in total. The van der Waals surface area contributed by atoms with E-state index in [1.54, 1.807) is 0 Å². The largest absolute Gasteiger partial charge is 0.394 e. The summed E-state index contributed by atoms with van der Waals surface area (Å²) in [5.41, 5.74) is 0. The van der Waals surface area contributed by atoms with E-state index in [1.807, 2.05) is 6.92 Å². The van der Waals surface area contributed by atoms with Gasteiger partial charge in [0.15, 0.2) is 0 Å². The van der Waals surface area contributed by atoms with Gasteiger partial charge in [-0.05, 0) is 19.8 Å². The summed E-state index contributed by atoms with van der Waals surface area (Å²) in [5.74, 6) is 0.327. The Balaban J connectivity index is 2.27. The summed E-state index contributed by atoms with van der Waals surface area (Å²) in [4.78, 5) is 11.4. The van der Waals surface area contributed by atoms with Crippen LogP contribution in [0.25, 0.3) is 0 Å². The number of nitrogens with one attached hydrogen (secondary N) is 1. The number of aliphatic hydroxyl groups excluding tert-OH is 1. The Morgan fingerprint density at radius 3 is 2.67 bits per heavy atom. The van der Waals surface area contributed by atoms with E-state index in [-0.39, 0.29) is 24.5 Å². The second-order valence-electron chi connectivity index (χ2n) is 3.57. The van der Waals surface area contributed by atoms with Gasteiger partial charge < -0.3 is 10.4 Å². The average molecular weight is 171 g/mol. The lowest BCUT2D eigenvalue weighted by molar-refractivity contribution is -0.125. The predicted molar refractivity (Wildman–Crippen MR) is 46.6 cm³/mol. The summed E-state index contributed by atoms with van der Waals surface area (Å²) in [6.07, 6.45) is 4.38. The van der Waals surface area contributed by atoms with Crippen molar-refractivity contribution in [3.63, 3.8) is 0 Å². The molecule has 0 radical (unpaired) electrons. The molecule has 0 heterocycles. The van der Waals surface area contributed by atoms with Gasteiger partial charge in [-0.2, -0.15) is 0 Å². The van der Waals surface area contributed by atoms with E-state index in [4.69, 9.17) is 5.11 Å². The van der Waals surface area contributed by atoms with Crippen LogP contribution in [0.1, 0.15) is 32.6 Å². The zero-order chi connectivity index (χ0) is 8.97. The number of amides is 1. The molecule has 1 atom stereocenters. The first-order valence-corrected chi connectivity index (χ1v) is 4.65. The topological polar surface area (TPSA) is 49.3 Å². The van der Waals surface area contributed by atoms with Crippen molar-refractivity contribution >= 4 is 5.91 Å². The molecule has 1 amide bonds. The first-order valence-electron chi connectivity index (χ1n) is 4.65. The molecule has 0 aromatic carbocycles. The van der Waals surface area contributed by atoms with E-state index in [0.29, 0.717) is 0 Å². The van der Waals surface area contributed by atoms with Gasteiger partial charge in [-0.15, -0.1) is 0 Å². The molecule has 12 heavy (non-hydrogen) atoms. The Bertz CT molecular complexity index is 153. The van der Waals surface area contributed by atoms with Gasteiger partial charge in [0.2, 0.25) is 5.91 Å². The van der Waals surface area contributed by atoms with Crippen molar-refractivity contribution in [3.8, 4) is 0 Å². The van der Waals surface area contributed by atoms with Crippen LogP contribution < -0.4 is 5.32 Å². The zero-order valence-electron chi connectivity index (χ0n) is 7.55. The van der Waals surface area contributed by atoms with Crippen LogP contribution in [0.3, 0.4) is 0 Å². The van der Waals surface area contributed by atoms with Crippen LogP contribution in [0.2, 0.25) is 0 Å². The lowest BCUT2D eigenvalue weighted by Crippen LogP contribution is -2.38. The number of carbonyl (C=O) groups is 1. The highest BCUT2D eigenvalue weighted by atomic mass is 16.3. The third-order valence-corrected chi connectivity index (χ3v) is 2.39. The first-order chi connectivity index (χ1) is 5.74. The monoisotopic (exact) mass is 171 g/mol. The van der Waals surface area contributed by atoms with Crippen molar-refractivity contribution in [2.24, 2.45) is 5.92 Å². The fourth-order valence-electron chi connectivity index (χ4n) is 1.59. The van der Waals surface area contributed by atoms with Crippen molar-refractivity contribution in [2.75, 3.05) is 6.61 Å². The maximum absolute atomic E-state index is 11.4. The van der Waals surface area contributed by atoms with Gasteiger partial charge in [0, 0.05) is 12.0 Å². The van der Waals surface area contributed by atoms with E-state index in [1.165, 1.54) is 12.8 Å². The zero-order valence-corrected chi connectivity index (χ0v) is 7.55. The normalized spacial score (nSPS) is 20.8. The molecule has 1 rings (SSSR count). The molecular formula is C9H17NO2. The third kappa shape index (κ3) is 2.48. The smallest absolute Gasteiger partial charge is 0.223 e. The van der Waals surface area contributed by atoms with E-state index in [2.05, 4.69) is 5.32 Å². The Labute approximate surface area is 73.2 Å². The fraction of sp³-hybridized carbons (Fsp3) is 0.889. The number of hydrogen-bond acceptors (Lipinski definition) is 2. The lowest BCUT2D eigenvalue weighted by Gasteiger charge is -2.14. The van der Waals surface area contributed by atoms with E-state index >= 15 is 0 Å². The quantitative estimate of drug-likeness (QED) is 0.656. The summed E-state index contributed by atoms with van der Waals surface area (Å²) >= 11 is 0. The highest BCUT2D eigenvalue weighted by Gasteiger charge is 2.23. The van der Waals surface area contributed by atoms with Crippen LogP contribution in [0, 0.1) is 5.92 Å². The number of carbonyl (C=O) groups excluding carboxylic acids is 1. The van der Waals surface area contributed by atoms with Crippen LogP contribution in [0.4, 0.5) is 0 Å². The van der Waals surface area contributed by atoms with Gasteiger partial charge in [-0.25, -0.2) is 0 Å². The molecular weight excluding hydrogens is 154 g/mol. The molecule has 0 bridgehead atoms. The molecule has 0 unspecified atom stereocenters. The molecule has 0 aromatic rings. The molecule has 1 fully saturated rings. The standard InChI is InChI=1S/C9H17NO2/c1-7(6-11)10-9(12)8-4-2-3-5-8/h7-8,11H,2-6H2,1H3,(H,10,12)/t7-/m0/s1. The molecule has 3 heteroatoms. The highest BCUT2D eigenvalue weighted by Crippen LogP contribution is 2.24. The van der Waals surface area contributed by atoms with Gasteiger partial charge in [0.25, 0.3) is 0 Å². The summed E-state index contributed by atoms with van der Waals surface area (Å²) < 4.78 is 0. The highest BCUT2D eigenvalue weighted by molar-refractivity contribution is 5.79. The minimum atomic E-state index is -0.0990. The molecule has 1 aliphatic rings. The number of hydrogen-bond donors (Lipinski definition) is 2. The fourth-order valence-corrected chi connectivity index (χ4v) is 1.59. The molecule has 1 aliphatic carbocycles. The summed E-state index contributed by atoms with van der Waals surface area (Å²) in [6, 6.07) is -0.0990. The van der Waals surface area contributed by atoms with Gasteiger partial charge >= 0.3 is 0 Å². The van der Waals surface area contributed by atoms with Gasteiger partial charge in [-0.3, -0.25) is 4.79 Å². The van der Waals surface area contributed by atoms with Crippen LogP contribution in [0.5, 0.6) is 0 Å². The van der Waals surface area contributed by atoms with Crippen LogP contribution >= 0.6 is 0 Å². The Morgan fingerprint density at radius 1 is 1.58 bits per heavy atom. The minimum Gasteiger partial charge on any atom is -0.394 e. The maximum atomic E-state index is 11.4. The maximum Gasteiger partial charge on any atom is 0.223 e. The Hall–Kier alpha value is -0.570.